The molecule has 0 spiro atoms. The lowest BCUT2D eigenvalue weighted by atomic mass is 9.72. The molecule has 1 aliphatic carbocycles. The molecule has 0 radical (unpaired) electrons. The number of hydrogen-bond acceptors (Lipinski definition) is 3. The van der Waals surface area contributed by atoms with Gasteiger partial charge < -0.3 is 14.5 Å². The second kappa shape index (κ2) is 8.19. The minimum absolute atomic E-state index is 0.0524. The van der Waals surface area contributed by atoms with Crippen molar-refractivity contribution in [1.82, 2.24) is 0 Å². The van der Waals surface area contributed by atoms with Crippen molar-refractivity contribution in [3.63, 3.8) is 0 Å². The Morgan fingerprint density at radius 2 is 1.79 bits per heavy atom. The quantitative estimate of drug-likeness (QED) is 0.605. The predicted octanol–water partition coefficient (Wildman–Crippen LogP) is 4.19. The van der Waals surface area contributed by atoms with Crippen molar-refractivity contribution in [3.05, 3.63) is 29.1 Å². The molecule has 1 saturated heterocycles. The van der Waals surface area contributed by atoms with Gasteiger partial charge >= 0.3 is 5.97 Å². The maximum Gasteiger partial charge on any atom is 0.340 e. The number of nitrogens with one attached hydrogen (secondary N) is 1. The Morgan fingerprint density at radius 3 is 2.32 bits per heavy atom. The van der Waals surface area contributed by atoms with Crippen LogP contribution in [0.3, 0.4) is 0 Å². The van der Waals surface area contributed by atoms with E-state index >= 15 is 0 Å². The van der Waals surface area contributed by atoms with Crippen LogP contribution in [0.25, 0.3) is 0 Å². The first kappa shape index (κ1) is 20.8. The number of halogens is 1. The third-order valence-corrected chi connectivity index (χ3v) is 6.72. The lowest BCUT2D eigenvalue weighted by Gasteiger charge is -2.54. The van der Waals surface area contributed by atoms with Crippen LogP contribution in [0.5, 0.6) is 0 Å². The number of esters is 1. The predicted molar refractivity (Wildman–Crippen MR) is 107 cm³/mol. The van der Waals surface area contributed by atoms with Crippen molar-refractivity contribution >= 4 is 17.6 Å². The Labute approximate surface area is 166 Å². The molecule has 2 aliphatic rings. The van der Waals surface area contributed by atoms with Crippen LogP contribution in [0, 0.1) is 12.7 Å². The van der Waals surface area contributed by atoms with E-state index < -0.39 is 17.3 Å². The lowest BCUT2D eigenvalue weighted by molar-refractivity contribution is -0.954. The van der Waals surface area contributed by atoms with Crippen LogP contribution < -0.4 is 5.32 Å². The average molecular weight is 392 g/mol. The summed E-state index contributed by atoms with van der Waals surface area (Å²) in [4.78, 5) is 25.9. The Bertz CT molecular complexity index is 750. The molecule has 0 atom stereocenters. The molecule has 1 heterocycles. The van der Waals surface area contributed by atoms with Gasteiger partial charge in [-0.15, -0.1) is 0 Å². The van der Waals surface area contributed by atoms with Crippen molar-refractivity contribution < 1.29 is 23.2 Å². The van der Waals surface area contributed by atoms with Gasteiger partial charge in [0.15, 0.2) is 5.54 Å². The molecule has 1 amide bonds. The van der Waals surface area contributed by atoms with Crippen molar-refractivity contribution in [2.24, 2.45) is 0 Å². The van der Waals surface area contributed by atoms with Crippen LogP contribution in [0.2, 0.25) is 0 Å². The second-order valence-corrected chi connectivity index (χ2v) is 8.46. The first-order valence-corrected chi connectivity index (χ1v) is 10.5. The highest BCUT2D eigenvalue weighted by molar-refractivity contribution is 6.05. The lowest BCUT2D eigenvalue weighted by Crippen LogP contribution is -2.71. The van der Waals surface area contributed by atoms with Gasteiger partial charge in [-0.3, -0.25) is 4.79 Å². The number of quaternary nitrogens is 1. The summed E-state index contributed by atoms with van der Waals surface area (Å²) in [7, 11) is 2.20. The number of aryl methyl sites for hydroxylation is 1. The fourth-order valence-corrected chi connectivity index (χ4v) is 4.85. The molecule has 0 unspecified atom stereocenters. The topological polar surface area (TPSA) is 55.4 Å². The summed E-state index contributed by atoms with van der Waals surface area (Å²) in [6, 6.07) is 2.49. The van der Waals surface area contributed by atoms with E-state index in [1.54, 1.807) is 13.8 Å². The average Bonchev–Trinajstić information content (AvgIpc) is 2.81. The number of carbonyl (C=O) groups excluding carboxylic acids is 2. The van der Waals surface area contributed by atoms with Crippen molar-refractivity contribution in [2.75, 3.05) is 32.1 Å². The SMILES string of the molecule is CCOC(=O)c1cc(F)cc(C)c1NC(=O)C1([N+]2(C)CCCCCC2)CCC1. The van der Waals surface area contributed by atoms with E-state index in [9.17, 15) is 14.0 Å². The van der Waals surface area contributed by atoms with Crippen molar-refractivity contribution in [1.29, 1.82) is 0 Å². The fourth-order valence-electron chi connectivity index (χ4n) is 4.85. The summed E-state index contributed by atoms with van der Waals surface area (Å²) in [6.07, 6.45) is 7.44. The minimum Gasteiger partial charge on any atom is -0.462 e. The molecule has 28 heavy (non-hydrogen) atoms. The normalized spacial score (nSPS) is 20.6. The number of anilines is 1. The number of carbonyl (C=O) groups is 2. The monoisotopic (exact) mass is 391 g/mol. The summed E-state index contributed by atoms with van der Waals surface area (Å²) in [6.45, 7) is 5.61. The fraction of sp³-hybridized carbons (Fsp3) is 0.636. The highest BCUT2D eigenvalue weighted by atomic mass is 19.1. The summed E-state index contributed by atoms with van der Waals surface area (Å²) in [5, 5.41) is 3.01. The molecular formula is C22H32FN2O3+. The van der Waals surface area contributed by atoms with E-state index in [0.29, 0.717) is 11.3 Å². The number of nitrogens with zero attached hydrogens (tertiary/aromatic N) is 1. The van der Waals surface area contributed by atoms with Gasteiger partial charge in [0.25, 0.3) is 5.91 Å². The molecular weight excluding hydrogens is 359 g/mol. The van der Waals surface area contributed by atoms with Crippen LogP contribution in [0.15, 0.2) is 12.1 Å². The van der Waals surface area contributed by atoms with E-state index in [4.69, 9.17) is 4.74 Å². The van der Waals surface area contributed by atoms with E-state index in [-0.39, 0.29) is 18.1 Å². The molecule has 154 valence electrons. The van der Waals surface area contributed by atoms with Gasteiger partial charge in [0, 0.05) is 12.8 Å². The summed E-state index contributed by atoms with van der Waals surface area (Å²) in [5.41, 5.74) is 0.527. The van der Waals surface area contributed by atoms with Gasteiger partial charge in [0.1, 0.15) is 5.82 Å². The van der Waals surface area contributed by atoms with E-state index in [2.05, 4.69) is 12.4 Å². The van der Waals surface area contributed by atoms with Crippen LogP contribution >= 0.6 is 0 Å². The van der Waals surface area contributed by atoms with Crippen LogP contribution in [0.1, 0.15) is 67.8 Å². The zero-order chi connectivity index (χ0) is 20.4. The molecule has 1 saturated carbocycles. The maximum atomic E-state index is 13.9. The van der Waals surface area contributed by atoms with Gasteiger partial charge in [0.2, 0.25) is 0 Å². The zero-order valence-corrected chi connectivity index (χ0v) is 17.3. The number of ether oxygens (including phenoxy) is 1. The Morgan fingerprint density at radius 1 is 1.14 bits per heavy atom. The highest BCUT2D eigenvalue weighted by Crippen LogP contribution is 2.44. The van der Waals surface area contributed by atoms with Crippen LogP contribution in [-0.2, 0) is 9.53 Å². The van der Waals surface area contributed by atoms with E-state index in [0.717, 1.165) is 55.7 Å². The molecule has 5 nitrogen and oxygen atoms in total. The van der Waals surface area contributed by atoms with Crippen molar-refractivity contribution in [2.45, 2.75) is 64.3 Å². The Hall–Kier alpha value is -1.95. The molecule has 3 rings (SSSR count). The molecule has 1 N–H and O–H groups in total. The smallest absolute Gasteiger partial charge is 0.340 e. The standard InChI is InChI=1S/C22H31FN2O3/c1-4-28-20(26)18-15-17(23)14-16(2)19(18)24-21(27)22(10-9-11-22)25(3)12-7-5-6-8-13-25/h14-15H,4-13H2,1-3H3/p+1. The molecule has 1 aliphatic heterocycles. The first-order chi connectivity index (χ1) is 13.3. The number of likely N-dealkylation sites (N-methyl/N-ethyl adjacent to an activating group) is 1. The third kappa shape index (κ3) is 3.66. The molecule has 1 aromatic rings. The molecule has 2 fully saturated rings. The summed E-state index contributed by atoms with van der Waals surface area (Å²) >= 11 is 0. The Balaban J connectivity index is 1.92. The highest BCUT2D eigenvalue weighted by Gasteiger charge is 2.58. The van der Waals surface area contributed by atoms with E-state index in [1.807, 2.05) is 0 Å². The van der Waals surface area contributed by atoms with Crippen LogP contribution in [-0.4, -0.2) is 48.6 Å². The second-order valence-electron chi connectivity index (χ2n) is 8.46. The van der Waals surface area contributed by atoms with Crippen LogP contribution in [0.4, 0.5) is 10.1 Å². The molecule has 0 bridgehead atoms. The molecule has 1 aromatic carbocycles. The first-order valence-electron chi connectivity index (χ1n) is 10.5. The number of amides is 1. The van der Waals surface area contributed by atoms with Crippen molar-refractivity contribution in [3.8, 4) is 0 Å². The third-order valence-electron chi connectivity index (χ3n) is 6.72. The minimum atomic E-state index is -0.613. The van der Waals surface area contributed by atoms with Gasteiger partial charge in [0.05, 0.1) is 38.0 Å². The number of hydrogen-bond donors (Lipinski definition) is 1. The number of rotatable bonds is 5. The summed E-state index contributed by atoms with van der Waals surface area (Å²) < 4.78 is 19.8. The van der Waals surface area contributed by atoms with E-state index in [1.165, 1.54) is 18.9 Å². The number of benzene rings is 1. The van der Waals surface area contributed by atoms with Gasteiger partial charge in [-0.25, -0.2) is 9.18 Å². The zero-order valence-electron chi connectivity index (χ0n) is 17.3. The maximum absolute atomic E-state index is 13.9. The summed E-state index contributed by atoms with van der Waals surface area (Å²) in [5.74, 6) is -1.18. The molecule has 0 aromatic heterocycles. The largest absolute Gasteiger partial charge is 0.462 e. The van der Waals surface area contributed by atoms with Gasteiger partial charge in [-0.05, 0) is 63.6 Å². The number of likely N-dealkylation sites (tertiary alicyclic amines) is 1. The van der Waals surface area contributed by atoms with Gasteiger partial charge in [-0.1, -0.05) is 0 Å². The van der Waals surface area contributed by atoms with Gasteiger partial charge in [-0.2, -0.15) is 0 Å². The molecule has 6 heteroatoms. The Kier molecular flexibility index (Phi) is 6.08.